The van der Waals surface area contributed by atoms with Crippen LogP contribution in [0.3, 0.4) is 0 Å². The van der Waals surface area contributed by atoms with Gasteiger partial charge in [0, 0.05) is 13.1 Å². The number of aliphatic hydroxyl groups is 1. The standard InChI is InChI=1S/C13H27NO2/c1-2-3-4-5-6-7-12-16-14-10-8-13(15)9-11-14/h13,15H,2-12H2,1H3. The first-order valence-electron chi connectivity index (χ1n) is 6.89. The van der Waals surface area contributed by atoms with Gasteiger partial charge in [-0.25, -0.2) is 0 Å². The van der Waals surface area contributed by atoms with E-state index in [4.69, 9.17) is 4.84 Å². The van der Waals surface area contributed by atoms with Gasteiger partial charge in [-0.1, -0.05) is 39.0 Å². The molecule has 3 heteroatoms. The van der Waals surface area contributed by atoms with Crippen LogP contribution in [0, 0.1) is 0 Å². The highest BCUT2D eigenvalue weighted by Crippen LogP contribution is 2.11. The summed E-state index contributed by atoms with van der Waals surface area (Å²) < 4.78 is 0. The largest absolute Gasteiger partial charge is 0.393 e. The maximum absolute atomic E-state index is 9.34. The first-order valence-corrected chi connectivity index (χ1v) is 6.89. The van der Waals surface area contributed by atoms with Crippen LogP contribution in [0.15, 0.2) is 0 Å². The molecule has 0 amide bonds. The van der Waals surface area contributed by atoms with E-state index in [9.17, 15) is 5.11 Å². The Balaban J connectivity index is 1.84. The van der Waals surface area contributed by atoms with Crippen LogP contribution in [0.5, 0.6) is 0 Å². The highest BCUT2D eigenvalue weighted by Gasteiger charge is 2.16. The van der Waals surface area contributed by atoms with Crippen molar-refractivity contribution in [3.63, 3.8) is 0 Å². The van der Waals surface area contributed by atoms with Crippen molar-refractivity contribution in [1.29, 1.82) is 0 Å². The fraction of sp³-hybridized carbons (Fsp3) is 1.00. The molecular formula is C13H27NO2. The highest BCUT2D eigenvalue weighted by molar-refractivity contribution is 4.65. The second kappa shape index (κ2) is 8.97. The Labute approximate surface area is 99.7 Å². The normalized spacial score (nSPS) is 19.1. The second-order valence-electron chi connectivity index (χ2n) is 4.76. The van der Waals surface area contributed by atoms with Crippen LogP contribution in [0.2, 0.25) is 0 Å². The molecule has 3 nitrogen and oxygen atoms in total. The van der Waals surface area contributed by atoms with Crippen molar-refractivity contribution in [1.82, 2.24) is 5.06 Å². The summed E-state index contributed by atoms with van der Waals surface area (Å²) >= 11 is 0. The van der Waals surface area contributed by atoms with E-state index < -0.39 is 0 Å². The molecule has 1 aliphatic rings. The summed E-state index contributed by atoms with van der Waals surface area (Å²) in [6.07, 6.45) is 9.46. The van der Waals surface area contributed by atoms with Crippen LogP contribution < -0.4 is 0 Å². The lowest BCUT2D eigenvalue weighted by Crippen LogP contribution is -2.36. The Morgan fingerprint density at radius 2 is 1.69 bits per heavy atom. The second-order valence-corrected chi connectivity index (χ2v) is 4.76. The molecule has 0 aliphatic carbocycles. The van der Waals surface area contributed by atoms with Gasteiger partial charge in [0.2, 0.25) is 0 Å². The first kappa shape index (κ1) is 13.9. The van der Waals surface area contributed by atoms with E-state index in [1.54, 1.807) is 0 Å². The summed E-state index contributed by atoms with van der Waals surface area (Å²) in [5, 5.41) is 11.3. The average Bonchev–Trinajstić information content (AvgIpc) is 2.30. The van der Waals surface area contributed by atoms with Gasteiger partial charge in [-0.3, -0.25) is 4.84 Å². The van der Waals surface area contributed by atoms with Crippen LogP contribution in [0.4, 0.5) is 0 Å². The topological polar surface area (TPSA) is 32.7 Å². The van der Waals surface area contributed by atoms with Crippen LogP contribution in [-0.2, 0) is 4.84 Å². The summed E-state index contributed by atoms with van der Waals surface area (Å²) in [6, 6.07) is 0. The molecule has 0 aromatic rings. The number of hydroxylamine groups is 2. The number of hydrogen-bond donors (Lipinski definition) is 1. The summed E-state index contributed by atoms with van der Waals surface area (Å²) in [5.74, 6) is 0. The predicted molar refractivity (Wildman–Crippen MR) is 66.1 cm³/mol. The Hall–Kier alpha value is -0.120. The number of piperidine rings is 1. The third-order valence-corrected chi connectivity index (χ3v) is 3.20. The average molecular weight is 229 g/mol. The molecule has 0 radical (unpaired) electrons. The summed E-state index contributed by atoms with van der Waals surface area (Å²) in [6.45, 7) is 4.87. The molecule has 16 heavy (non-hydrogen) atoms. The van der Waals surface area contributed by atoms with Crippen LogP contribution in [0.25, 0.3) is 0 Å². The van der Waals surface area contributed by atoms with E-state index >= 15 is 0 Å². The van der Waals surface area contributed by atoms with Crippen molar-refractivity contribution < 1.29 is 9.94 Å². The van der Waals surface area contributed by atoms with Gasteiger partial charge in [0.25, 0.3) is 0 Å². The summed E-state index contributed by atoms with van der Waals surface area (Å²) in [4.78, 5) is 5.66. The minimum atomic E-state index is -0.103. The summed E-state index contributed by atoms with van der Waals surface area (Å²) in [5.41, 5.74) is 0. The molecule has 1 heterocycles. The number of rotatable bonds is 8. The van der Waals surface area contributed by atoms with E-state index in [0.29, 0.717) is 0 Å². The van der Waals surface area contributed by atoms with Gasteiger partial charge in [0.1, 0.15) is 0 Å². The Bertz CT molecular complexity index is 156. The first-order chi connectivity index (χ1) is 7.83. The molecule has 0 aromatic heterocycles. The zero-order valence-corrected chi connectivity index (χ0v) is 10.7. The molecule has 1 saturated heterocycles. The van der Waals surface area contributed by atoms with E-state index in [2.05, 4.69) is 6.92 Å². The Kier molecular flexibility index (Phi) is 7.81. The van der Waals surface area contributed by atoms with E-state index in [-0.39, 0.29) is 6.10 Å². The number of hydrogen-bond acceptors (Lipinski definition) is 3. The van der Waals surface area contributed by atoms with Crippen LogP contribution in [0.1, 0.15) is 58.3 Å². The molecule has 0 unspecified atom stereocenters. The molecule has 0 bridgehead atoms. The van der Waals surface area contributed by atoms with Gasteiger partial charge in [-0.05, 0) is 19.3 Å². The van der Waals surface area contributed by atoms with E-state index in [0.717, 1.165) is 32.5 Å². The van der Waals surface area contributed by atoms with Gasteiger partial charge in [0.15, 0.2) is 0 Å². The smallest absolute Gasteiger partial charge is 0.0685 e. The Morgan fingerprint density at radius 1 is 1.06 bits per heavy atom. The molecule has 0 aromatic carbocycles. The number of aliphatic hydroxyl groups excluding tert-OH is 1. The van der Waals surface area contributed by atoms with Gasteiger partial charge >= 0.3 is 0 Å². The quantitative estimate of drug-likeness (QED) is 0.650. The number of nitrogens with zero attached hydrogens (tertiary/aromatic N) is 1. The lowest BCUT2D eigenvalue weighted by atomic mass is 10.1. The van der Waals surface area contributed by atoms with E-state index in [1.165, 1.54) is 38.5 Å². The molecule has 0 saturated carbocycles. The van der Waals surface area contributed by atoms with Crippen LogP contribution >= 0.6 is 0 Å². The predicted octanol–water partition coefficient (Wildman–Crippen LogP) is 2.74. The third kappa shape index (κ3) is 6.46. The fourth-order valence-electron chi connectivity index (χ4n) is 2.05. The molecular weight excluding hydrogens is 202 g/mol. The SMILES string of the molecule is CCCCCCCCON1CCC(O)CC1. The molecule has 1 fully saturated rings. The maximum Gasteiger partial charge on any atom is 0.0685 e. The van der Waals surface area contributed by atoms with Crippen molar-refractivity contribution in [3.05, 3.63) is 0 Å². The fourth-order valence-corrected chi connectivity index (χ4v) is 2.05. The molecule has 0 atom stereocenters. The van der Waals surface area contributed by atoms with Gasteiger partial charge in [-0.2, -0.15) is 5.06 Å². The third-order valence-electron chi connectivity index (χ3n) is 3.20. The minimum Gasteiger partial charge on any atom is -0.393 e. The van der Waals surface area contributed by atoms with Crippen molar-refractivity contribution in [2.24, 2.45) is 0 Å². The minimum absolute atomic E-state index is 0.103. The van der Waals surface area contributed by atoms with E-state index in [1.807, 2.05) is 5.06 Å². The molecule has 1 N–H and O–H groups in total. The zero-order chi connectivity index (χ0) is 11.6. The molecule has 0 spiro atoms. The van der Waals surface area contributed by atoms with Crippen molar-refractivity contribution in [2.75, 3.05) is 19.7 Å². The summed E-state index contributed by atoms with van der Waals surface area (Å²) in [7, 11) is 0. The lowest BCUT2D eigenvalue weighted by Gasteiger charge is -2.28. The van der Waals surface area contributed by atoms with Crippen molar-refractivity contribution >= 4 is 0 Å². The van der Waals surface area contributed by atoms with Crippen molar-refractivity contribution in [2.45, 2.75) is 64.4 Å². The van der Waals surface area contributed by atoms with Crippen LogP contribution in [-0.4, -0.2) is 36.0 Å². The Morgan fingerprint density at radius 3 is 2.38 bits per heavy atom. The maximum atomic E-state index is 9.34. The molecule has 96 valence electrons. The zero-order valence-electron chi connectivity index (χ0n) is 10.7. The van der Waals surface area contributed by atoms with Gasteiger partial charge in [-0.15, -0.1) is 0 Å². The molecule has 1 rings (SSSR count). The van der Waals surface area contributed by atoms with Gasteiger partial charge < -0.3 is 5.11 Å². The highest BCUT2D eigenvalue weighted by atomic mass is 16.7. The molecule has 1 aliphatic heterocycles. The number of unbranched alkanes of at least 4 members (excludes halogenated alkanes) is 5. The van der Waals surface area contributed by atoms with Gasteiger partial charge in [0.05, 0.1) is 12.7 Å². The lowest BCUT2D eigenvalue weighted by molar-refractivity contribution is -0.179. The van der Waals surface area contributed by atoms with Crippen molar-refractivity contribution in [3.8, 4) is 0 Å². The monoisotopic (exact) mass is 229 g/mol.